The molecule has 1 amide bonds. The van der Waals surface area contributed by atoms with Crippen molar-refractivity contribution in [3.05, 3.63) is 70.3 Å². The van der Waals surface area contributed by atoms with Crippen molar-refractivity contribution in [3.63, 3.8) is 0 Å². The molecule has 1 fully saturated rings. The van der Waals surface area contributed by atoms with Crippen molar-refractivity contribution < 1.29 is 23.1 Å². The molecule has 37 heavy (non-hydrogen) atoms. The summed E-state index contributed by atoms with van der Waals surface area (Å²) in [6, 6.07) is 11.0. The van der Waals surface area contributed by atoms with Gasteiger partial charge in [-0.25, -0.2) is 13.1 Å². The summed E-state index contributed by atoms with van der Waals surface area (Å²) in [6.45, 7) is 1.85. The first-order chi connectivity index (χ1) is 17.8. The van der Waals surface area contributed by atoms with Crippen LogP contribution in [0.2, 0.25) is 5.02 Å². The van der Waals surface area contributed by atoms with Gasteiger partial charge in [-0.05, 0) is 91.8 Å². The number of carbonyl (C=O) groups excluding carboxylic acids is 1. The molecule has 1 saturated carbocycles. The molecule has 2 aromatic carbocycles. The van der Waals surface area contributed by atoms with Gasteiger partial charge >= 0.3 is 0 Å². The lowest BCUT2D eigenvalue weighted by atomic mass is 9.70. The van der Waals surface area contributed by atoms with Gasteiger partial charge in [0, 0.05) is 23.7 Å². The van der Waals surface area contributed by atoms with Gasteiger partial charge in [-0.2, -0.15) is 0 Å². The number of carbonyl (C=O) groups is 1. The largest absolute Gasteiger partial charge is 0.487 e. The number of nitrogens with one attached hydrogen (secondary N) is 1. The second-order valence-corrected chi connectivity index (χ2v) is 12.5. The van der Waals surface area contributed by atoms with Crippen molar-refractivity contribution in [3.8, 4) is 5.75 Å². The first-order valence-electron chi connectivity index (χ1n) is 13.0. The Kier molecular flexibility index (Phi) is 7.79. The number of aliphatic hydroxyl groups excluding tert-OH is 1. The molecule has 2 heterocycles. The molecule has 0 aromatic heterocycles. The molecule has 0 radical (unpaired) electrons. The van der Waals surface area contributed by atoms with E-state index < -0.39 is 22.0 Å². The van der Waals surface area contributed by atoms with E-state index in [1.807, 2.05) is 18.2 Å². The van der Waals surface area contributed by atoms with Gasteiger partial charge in [-0.3, -0.25) is 4.79 Å². The van der Waals surface area contributed by atoms with Crippen LogP contribution >= 0.6 is 11.6 Å². The number of sulfonamides is 1. The standard InChI is InChI=1S/C28H33ClN2O5S/c29-23-10-7-22-18-36-27-12-9-20-16-25(27)31(13-3-1-5-19(22)15-23)17-21-8-11-24(21)26(32)6-2-4-14-37(34,35)30-28(20)33/h2,6-7,9-10,12,15-16,21,24,26,32H,1,3-5,8,11,13-14,17-18H2,(H,30,33)/b6-2+/t21-,24+,26+/m0/s1. The molecule has 2 N–H and O–H groups in total. The topological polar surface area (TPSA) is 95.9 Å². The highest BCUT2D eigenvalue weighted by Crippen LogP contribution is 2.40. The van der Waals surface area contributed by atoms with Gasteiger partial charge in [0.1, 0.15) is 12.4 Å². The van der Waals surface area contributed by atoms with E-state index >= 15 is 0 Å². The fourth-order valence-electron chi connectivity index (χ4n) is 5.49. The van der Waals surface area contributed by atoms with Crippen LogP contribution in [0.15, 0.2) is 48.6 Å². The van der Waals surface area contributed by atoms with Gasteiger partial charge in [0.2, 0.25) is 10.0 Å². The second-order valence-electron chi connectivity index (χ2n) is 10.2. The highest BCUT2D eigenvalue weighted by molar-refractivity contribution is 7.90. The summed E-state index contributed by atoms with van der Waals surface area (Å²) < 4.78 is 33.5. The number of allylic oxidation sites excluding steroid dienone is 1. The van der Waals surface area contributed by atoms with Crippen molar-refractivity contribution in [1.82, 2.24) is 4.72 Å². The highest BCUT2D eigenvalue weighted by Gasteiger charge is 2.37. The molecule has 0 unspecified atom stereocenters. The third kappa shape index (κ3) is 6.13. The molecule has 7 nitrogen and oxygen atoms in total. The third-order valence-corrected chi connectivity index (χ3v) is 9.25. The molecule has 1 aliphatic carbocycles. The van der Waals surface area contributed by atoms with E-state index in [2.05, 4.69) is 9.62 Å². The van der Waals surface area contributed by atoms with Gasteiger partial charge in [-0.15, -0.1) is 0 Å². The molecule has 0 saturated heterocycles. The molecular formula is C28H33ClN2O5S. The number of hydrogen-bond donors (Lipinski definition) is 2. The molecule has 0 spiro atoms. The summed E-state index contributed by atoms with van der Waals surface area (Å²) in [6.07, 6.45) is 7.75. The Hall–Kier alpha value is -2.55. The Bertz CT molecular complexity index is 1300. The van der Waals surface area contributed by atoms with Crippen molar-refractivity contribution in [1.29, 1.82) is 0 Å². The Morgan fingerprint density at radius 2 is 1.95 bits per heavy atom. The number of benzene rings is 2. The molecular weight excluding hydrogens is 512 g/mol. The van der Waals surface area contributed by atoms with E-state index in [0.717, 1.165) is 56.4 Å². The zero-order chi connectivity index (χ0) is 26.0. The van der Waals surface area contributed by atoms with Gasteiger partial charge in [-0.1, -0.05) is 29.8 Å². The van der Waals surface area contributed by atoms with E-state index in [-0.39, 0.29) is 23.7 Å². The maximum absolute atomic E-state index is 12.9. The fraction of sp³-hybridized carbons (Fsp3) is 0.464. The molecule has 3 atom stereocenters. The van der Waals surface area contributed by atoms with Gasteiger partial charge in [0.05, 0.1) is 17.5 Å². The number of hydrogen-bond acceptors (Lipinski definition) is 6. The molecule has 2 aliphatic heterocycles. The minimum absolute atomic E-state index is 0.120. The zero-order valence-corrected chi connectivity index (χ0v) is 22.3. The number of aliphatic hydroxyl groups is 1. The van der Waals surface area contributed by atoms with E-state index in [9.17, 15) is 18.3 Å². The van der Waals surface area contributed by atoms with Crippen LogP contribution < -0.4 is 14.4 Å². The number of ether oxygens (including phenoxy) is 1. The lowest BCUT2D eigenvalue weighted by Gasteiger charge is -2.42. The van der Waals surface area contributed by atoms with Crippen LogP contribution in [0, 0.1) is 11.8 Å². The smallest absolute Gasteiger partial charge is 0.264 e. The first kappa shape index (κ1) is 26.1. The van der Waals surface area contributed by atoms with E-state index in [0.29, 0.717) is 23.3 Å². The van der Waals surface area contributed by atoms with Crippen LogP contribution in [-0.4, -0.2) is 44.4 Å². The minimum atomic E-state index is -3.82. The van der Waals surface area contributed by atoms with E-state index in [1.54, 1.807) is 30.4 Å². The molecule has 198 valence electrons. The predicted molar refractivity (Wildman–Crippen MR) is 145 cm³/mol. The average Bonchev–Trinajstić information content (AvgIpc) is 2.87. The number of anilines is 1. The summed E-state index contributed by atoms with van der Waals surface area (Å²) in [5, 5.41) is 11.5. The first-order valence-corrected chi connectivity index (χ1v) is 15.0. The fourth-order valence-corrected chi connectivity index (χ4v) is 6.63. The van der Waals surface area contributed by atoms with Crippen LogP contribution in [0.25, 0.3) is 0 Å². The summed E-state index contributed by atoms with van der Waals surface area (Å²) >= 11 is 6.26. The lowest BCUT2D eigenvalue weighted by molar-refractivity contribution is 0.0461. The minimum Gasteiger partial charge on any atom is -0.487 e. The number of amides is 1. The SMILES string of the molecule is O=C1NS(=O)(=O)CC/C=C/[C@@H](O)[C@@H]2CC[C@H]2CN2CCCCc3cc(Cl)ccc3COc3ccc1cc32. The second kappa shape index (κ2) is 11.1. The average molecular weight is 545 g/mol. The number of halogens is 1. The highest BCUT2D eigenvalue weighted by atomic mass is 35.5. The van der Waals surface area contributed by atoms with Crippen LogP contribution in [0.3, 0.4) is 0 Å². The molecule has 2 aromatic rings. The van der Waals surface area contributed by atoms with Crippen LogP contribution in [0.5, 0.6) is 5.75 Å². The van der Waals surface area contributed by atoms with Gasteiger partial charge < -0.3 is 14.7 Å². The number of fused-ring (bicyclic) bond motifs is 3. The number of rotatable bonds is 0. The summed E-state index contributed by atoms with van der Waals surface area (Å²) in [4.78, 5) is 15.2. The summed E-state index contributed by atoms with van der Waals surface area (Å²) in [5.74, 6) is 0.176. The molecule has 3 aliphatic rings. The van der Waals surface area contributed by atoms with Gasteiger partial charge in [0.15, 0.2) is 0 Å². The van der Waals surface area contributed by atoms with Crippen LogP contribution in [0.4, 0.5) is 5.69 Å². The number of aryl methyl sites for hydroxylation is 1. The Morgan fingerprint density at radius 1 is 1.08 bits per heavy atom. The Labute approximate surface area is 223 Å². The van der Waals surface area contributed by atoms with Crippen molar-refractivity contribution in [2.45, 2.75) is 51.2 Å². The van der Waals surface area contributed by atoms with Crippen molar-refractivity contribution >= 4 is 33.2 Å². The van der Waals surface area contributed by atoms with Crippen molar-refractivity contribution in [2.75, 3.05) is 23.7 Å². The molecule has 9 heteroatoms. The molecule has 2 bridgehead atoms. The molecule has 5 rings (SSSR count). The lowest BCUT2D eigenvalue weighted by Crippen LogP contribution is -2.43. The maximum Gasteiger partial charge on any atom is 0.264 e. The Balaban J connectivity index is 1.53. The number of nitrogens with zero attached hydrogens (tertiary/aromatic N) is 1. The Morgan fingerprint density at radius 3 is 2.76 bits per heavy atom. The monoisotopic (exact) mass is 544 g/mol. The quantitative estimate of drug-likeness (QED) is 0.475. The van der Waals surface area contributed by atoms with Crippen LogP contribution in [-0.2, 0) is 23.1 Å². The van der Waals surface area contributed by atoms with Gasteiger partial charge in [0.25, 0.3) is 5.91 Å². The predicted octanol–water partition coefficient (Wildman–Crippen LogP) is 4.47. The third-order valence-electron chi connectivity index (χ3n) is 7.74. The van der Waals surface area contributed by atoms with E-state index in [4.69, 9.17) is 16.3 Å². The van der Waals surface area contributed by atoms with E-state index in [1.165, 1.54) is 5.56 Å². The summed E-state index contributed by atoms with van der Waals surface area (Å²) in [5.41, 5.74) is 3.29. The maximum atomic E-state index is 12.9. The van der Waals surface area contributed by atoms with Crippen LogP contribution in [0.1, 0.15) is 53.6 Å². The van der Waals surface area contributed by atoms with Crippen molar-refractivity contribution in [2.24, 2.45) is 11.8 Å². The normalized spacial score (nSPS) is 26.9. The zero-order valence-electron chi connectivity index (χ0n) is 20.7. The summed E-state index contributed by atoms with van der Waals surface area (Å²) in [7, 11) is -3.82.